The Kier molecular flexibility index (Phi) is 4.07. The van der Waals surface area contributed by atoms with Gasteiger partial charge in [0.05, 0.1) is 5.69 Å². The van der Waals surface area contributed by atoms with Crippen LogP contribution in [0.1, 0.15) is 28.0 Å². The molecule has 3 aromatic rings. The van der Waals surface area contributed by atoms with E-state index in [-0.39, 0.29) is 17.4 Å². The molecular formula is C15H15N5O2S. The molecule has 7 nitrogen and oxygen atoms in total. The zero-order chi connectivity index (χ0) is 16.4. The maximum atomic E-state index is 12.2. The zero-order valence-corrected chi connectivity index (χ0v) is 13.4. The number of para-hydroxylation sites is 1. The number of anilines is 1. The van der Waals surface area contributed by atoms with Crippen molar-refractivity contribution in [1.29, 1.82) is 0 Å². The third-order valence-electron chi connectivity index (χ3n) is 3.33. The molecule has 23 heavy (non-hydrogen) atoms. The fraction of sp³-hybridized carbons (Fsp3) is 0.200. The van der Waals surface area contributed by atoms with Crippen molar-refractivity contribution in [3.63, 3.8) is 0 Å². The molecule has 0 aliphatic carbocycles. The van der Waals surface area contributed by atoms with Crippen molar-refractivity contribution >= 4 is 22.4 Å². The summed E-state index contributed by atoms with van der Waals surface area (Å²) in [7, 11) is 0. The Morgan fingerprint density at radius 2 is 2.22 bits per heavy atom. The summed E-state index contributed by atoms with van der Waals surface area (Å²) in [5.74, 6) is -0.197. The molecule has 0 unspecified atom stereocenters. The van der Waals surface area contributed by atoms with E-state index in [0.29, 0.717) is 16.4 Å². The molecule has 0 saturated heterocycles. The van der Waals surface area contributed by atoms with Crippen LogP contribution in [0.4, 0.5) is 5.13 Å². The van der Waals surface area contributed by atoms with Gasteiger partial charge in [-0.05, 0) is 31.0 Å². The van der Waals surface area contributed by atoms with Crippen LogP contribution in [0, 0.1) is 6.92 Å². The van der Waals surface area contributed by atoms with Gasteiger partial charge in [0.25, 0.3) is 5.91 Å². The highest BCUT2D eigenvalue weighted by atomic mass is 32.1. The van der Waals surface area contributed by atoms with Crippen LogP contribution in [0.15, 0.2) is 24.3 Å². The van der Waals surface area contributed by atoms with Gasteiger partial charge in [-0.2, -0.15) is 5.10 Å². The number of amides is 1. The first kappa shape index (κ1) is 15.2. The molecule has 0 radical (unpaired) electrons. The van der Waals surface area contributed by atoms with Crippen LogP contribution in [-0.2, 0) is 6.42 Å². The Morgan fingerprint density at radius 1 is 1.39 bits per heavy atom. The van der Waals surface area contributed by atoms with E-state index in [1.807, 2.05) is 13.0 Å². The van der Waals surface area contributed by atoms with Crippen LogP contribution in [0.3, 0.4) is 0 Å². The predicted octanol–water partition coefficient (Wildman–Crippen LogP) is 2.76. The lowest BCUT2D eigenvalue weighted by Crippen LogP contribution is -2.12. The molecule has 3 N–H and O–H groups in total. The van der Waals surface area contributed by atoms with E-state index in [9.17, 15) is 9.90 Å². The van der Waals surface area contributed by atoms with Crippen molar-refractivity contribution in [3.05, 3.63) is 40.5 Å². The predicted molar refractivity (Wildman–Crippen MR) is 87.7 cm³/mol. The van der Waals surface area contributed by atoms with Gasteiger partial charge in [0.15, 0.2) is 0 Å². The molecule has 0 fully saturated rings. The van der Waals surface area contributed by atoms with Gasteiger partial charge in [-0.1, -0.05) is 30.4 Å². The molecule has 1 aromatic carbocycles. The molecule has 0 spiro atoms. The number of phenolic OH excluding ortho intramolecular Hbond substituents is 1. The SMILES string of the molecule is CCc1nnc(NC(=O)c2cc(-c3cccc(C)c3O)n[nH]2)s1. The number of H-pyrrole nitrogens is 1. The molecule has 0 atom stereocenters. The van der Waals surface area contributed by atoms with E-state index in [4.69, 9.17) is 0 Å². The van der Waals surface area contributed by atoms with Crippen molar-refractivity contribution in [2.45, 2.75) is 20.3 Å². The summed E-state index contributed by atoms with van der Waals surface area (Å²) in [5.41, 5.74) is 2.11. The highest BCUT2D eigenvalue weighted by molar-refractivity contribution is 7.15. The molecule has 1 amide bonds. The smallest absolute Gasteiger partial charge is 0.275 e. The summed E-state index contributed by atoms with van der Waals surface area (Å²) in [5, 5.41) is 28.7. The number of carbonyl (C=O) groups excluding carboxylic acids is 1. The van der Waals surface area contributed by atoms with Gasteiger partial charge >= 0.3 is 0 Å². The number of aromatic hydroxyl groups is 1. The van der Waals surface area contributed by atoms with E-state index >= 15 is 0 Å². The average Bonchev–Trinajstić information content (AvgIpc) is 3.19. The van der Waals surface area contributed by atoms with Crippen LogP contribution in [0.2, 0.25) is 0 Å². The van der Waals surface area contributed by atoms with Gasteiger partial charge in [-0.3, -0.25) is 15.2 Å². The second-order valence-corrected chi connectivity index (χ2v) is 6.01. The largest absolute Gasteiger partial charge is 0.507 e. The summed E-state index contributed by atoms with van der Waals surface area (Å²) >= 11 is 1.33. The van der Waals surface area contributed by atoms with Gasteiger partial charge in [-0.25, -0.2) is 0 Å². The topological polar surface area (TPSA) is 104 Å². The first-order valence-corrected chi connectivity index (χ1v) is 7.88. The molecule has 0 bridgehead atoms. The highest BCUT2D eigenvalue weighted by Gasteiger charge is 2.15. The van der Waals surface area contributed by atoms with E-state index in [1.165, 1.54) is 11.3 Å². The molecule has 0 saturated carbocycles. The fourth-order valence-corrected chi connectivity index (χ4v) is 2.73. The van der Waals surface area contributed by atoms with Crippen molar-refractivity contribution in [2.24, 2.45) is 0 Å². The Bertz CT molecular complexity index is 855. The van der Waals surface area contributed by atoms with Crippen LogP contribution in [0.5, 0.6) is 5.75 Å². The number of nitrogens with zero attached hydrogens (tertiary/aromatic N) is 3. The van der Waals surface area contributed by atoms with Crippen LogP contribution >= 0.6 is 11.3 Å². The minimum Gasteiger partial charge on any atom is -0.507 e. The Hall–Kier alpha value is -2.74. The highest BCUT2D eigenvalue weighted by Crippen LogP contribution is 2.30. The monoisotopic (exact) mass is 329 g/mol. The minimum absolute atomic E-state index is 0.155. The third-order valence-corrected chi connectivity index (χ3v) is 4.31. The summed E-state index contributed by atoms with van der Waals surface area (Å²) in [6.07, 6.45) is 0.772. The lowest BCUT2D eigenvalue weighted by Gasteiger charge is -2.03. The maximum absolute atomic E-state index is 12.2. The number of carbonyl (C=O) groups is 1. The zero-order valence-electron chi connectivity index (χ0n) is 12.6. The Morgan fingerprint density at radius 3 is 2.96 bits per heavy atom. The molecule has 2 heterocycles. The van der Waals surface area contributed by atoms with Crippen molar-refractivity contribution in [1.82, 2.24) is 20.4 Å². The van der Waals surface area contributed by atoms with Crippen molar-refractivity contribution in [3.8, 4) is 17.0 Å². The summed E-state index contributed by atoms with van der Waals surface area (Å²) in [6.45, 7) is 3.78. The van der Waals surface area contributed by atoms with Crippen LogP contribution < -0.4 is 5.32 Å². The summed E-state index contributed by atoms with van der Waals surface area (Å²) < 4.78 is 0. The quantitative estimate of drug-likeness (QED) is 0.683. The van der Waals surface area contributed by atoms with Gasteiger partial charge in [0.2, 0.25) is 5.13 Å². The molecule has 0 aliphatic rings. The lowest BCUT2D eigenvalue weighted by atomic mass is 10.1. The molecule has 118 valence electrons. The average molecular weight is 329 g/mol. The maximum Gasteiger partial charge on any atom is 0.275 e. The number of hydrogen-bond acceptors (Lipinski definition) is 6. The normalized spacial score (nSPS) is 10.7. The number of nitrogens with one attached hydrogen (secondary N) is 2. The number of aromatic nitrogens is 4. The van der Waals surface area contributed by atoms with Crippen molar-refractivity contribution < 1.29 is 9.90 Å². The lowest BCUT2D eigenvalue weighted by molar-refractivity contribution is 0.102. The second kappa shape index (κ2) is 6.17. The standard InChI is InChI=1S/C15H15N5O2S/c1-3-12-19-20-15(23-12)16-14(22)11-7-10(17-18-11)9-6-4-5-8(2)13(9)21/h4-7,21H,3H2,1-2H3,(H,17,18)(H,16,20,22). The van der Waals surface area contributed by atoms with Crippen molar-refractivity contribution in [2.75, 3.05) is 5.32 Å². The van der Waals surface area contributed by atoms with Gasteiger partial charge in [0, 0.05) is 5.56 Å². The Balaban J connectivity index is 1.81. The number of rotatable bonds is 4. The second-order valence-electron chi connectivity index (χ2n) is 4.95. The number of hydrogen-bond donors (Lipinski definition) is 3. The third kappa shape index (κ3) is 3.07. The number of aromatic amines is 1. The first-order valence-electron chi connectivity index (χ1n) is 7.06. The fourth-order valence-electron chi connectivity index (χ4n) is 2.05. The summed E-state index contributed by atoms with van der Waals surface area (Å²) in [6, 6.07) is 6.97. The first-order chi connectivity index (χ1) is 11.1. The molecular weight excluding hydrogens is 314 g/mol. The minimum atomic E-state index is -0.352. The van der Waals surface area contributed by atoms with E-state index in [0.717, 1.165) is 17.0 Å². The van der Waals surface area contributed by atoms with Gasteiger partial charge in [0.1, 0.15) is 16.5 Å². The van der Waals surface area contributed by atoms with Crippen LogP contribution in [0.25, 0.3) is 11.3 Å². The molecule has 8 heteroatoms. The number of benzene rings is 1. The summed E-state index contributed by atoms with van der Waals surface area (Å²) in [4.78, 5) is 12.2. The van der Waals surface area contributed by atoms with E-state index < -0.39 is 0 Å². The van der Waals surface area contributed by atoms with E-state index in [1.54, 1.807) is 25.1 Å². The number of phenols is 1. The molecule has 0 aliphatic heterocycles. The van der Waals surface area contributed by atoms with Gasteiger partial charge < -0.3 is 5.11 Å². The van der Waals surface area contributed by atoms with Gasteiger partial charge in [-0.15, -0.1) is 10.2 Å². The van der Waals surface area contributed by atoms with Crippen LogP contribution in [-0.4, -0.2) is 31.4 Å². The molecule has 2 aromatic heterocycles. The molecule has 3 rings (SSSR count). The van der Waals surface area contributed by atoms with E-state index in [2.05, 4.69) is 25.7 Å². The Labute approximate surface area is 136 Å². The number of aryl methyl sites for hydroxylation is 2.